The number of benzene rings is 3. The Morgan fingerprint density at radius 3 is 1.78 bits per heavy atom. The largest absolute Gasteiger partial charge is 0.508 e. The minimum absolute atomic E-state index is 0.0163. The van der Waals surface area contributed by atoms with Crippen LogP contribution in [0.3, 0.4) is 0 Å². The Kier molecular flexibility index (Phi) is 6.73. The zero-order chi connectivity index (χ0) is 22.6. The van der Waals surface area contributed by atoms with E-state index in [1.165, 1.54) is 16.1 Å². The number of aromatic hydroxyl groups is 1. The molecule has 3 aromatic carbocycles. The van der Waals surface area contributed by atoms with Crippen molar-refractivity contribution in [1.29, 1.82) is 0 Å². The molecule has 1 aliphatic rings. The summed E-state index contributed by atoms with van der Waals surface area (Å²) in [6.45, 7) is 9.88. The summed E-state index contributed by atoms with van der Waals surface area (Å²) in [5.41, 5.74) is 1.19. The smallest absolute Gasteiger partial charge is 0.261 e. The van der Waals surface area contributed by atoms with Crippen LogP contribution in [0.25, 0.3) is 0 Å². The van der Waals surface area contributed by atoms with Gasteiger partial charge in [0.05, 0.1) is 0 Å². The molecule has 0 amide bonds. The van der Waals surface area contributed by atoms with Crippen molar-refractivity contribution in [2.24, 2.45) is 5.92 Å². The van der Waals surface area contributed by atoms with Crippen LogP contribution in [0.2, 0.25) is 5.04 Å². The number of nitrogens with zero attached hydrogens (tertiary/aromatic N) is 1. The number of phenols is 1. The highest BCUT2D eigenvalue weighted by Gasteiger charge is 2.50. The molecule has 4 rings (SSSR count). The van der Waals surface area contributed by atoms with Gasteiger partial charge in [-0.2, -0.15) is 0 Å². The molecule has 1 N–H and O–H groups in total. The zero-order valence-electron chi connectivity index (χ0n) is 19.5. The van der Waals surface area contributed by atoms with Gasteiger partial charge in [-0.15, -0.1) is 0 Å². The Morgan fingerprint density at radius 2 is 1.31 bits per heavy atom. The summed E-state index contributed by atoms with van der Waals surface area (Å²) in [5.74, 6) is 0.882. The first kappa shape index (κ1) is 22.6. The summed E-state index contributed by atoms with van der Waals surface area (Å²) in [7, 11) is -2.46. The van der Waals surface area contributed by atoms with E-state index in [0.717, 1.165) is 32.5 Å². The summed E-state index contributed by atoms with van der Waals surface area (Å²) in [6.07, 6.45) is 2.25. The van der Waals surface area contributed by atoms with E-state index < -0.39 is 8.32 Å². The van der Waals surface area contributed by atoms with E-state index in [1.54, 1.807) is 12.1 Å². The number of phenolic OH excluding ortho intramolecular Hbond substituents is 1. The molecule has 3 aromatic rings. The van der Waals surface area contributed by atoms with E-state index in [0.29, 0.717) is 11.7 Å². The van der Waals surface area contributed by atoms with E-state index in [1.807, 2.05) is 12.1 Å². The highest BCUT2D eigenvalue weighted by Crippen LogP contribution is 2.37. The number of piperidine rings is 1. The summed E-state index contributed by atoms with van der Waals surface area (Å²) < 4.78 is 7.15. The van der Waals surface area contributed by atoms with Crippen molar-refractivity contribution in [1.82, 2.24) is 0 Å². The van der Waals surface area contributed by atoms with Gasteiger partial charge in [-0.25, -0.2) is 0 Å². The maximum absolute atomic E-state index is 9.57. The average molecular weight is 446 g/mol. The van der Waals surface area contributed by atoms with Gasteiger partial charge < -0.3 is 14.4 Å². The molecule has 3 nitrogen and oxygen atoms in total. The van der Waals surface area contributed by atoms with Gasteiger partial charge in [0, 0.05) is 25.4 Å². The monoisotopic (exact) mass is 445 g/mol. The van der Waals surface area contributed by atoms with Crippen molar-refractivity contribution < 1.29 is 9.53 Å². The van der Waals surface area contributed by atoms with E-state index in [2.05, 4.69) is 86.3 Å². The molecule has 0 unspecified atom stereocenters. The third-order valence-electron chi connectivity index (χ3n) is 6.78. The maximum atomic E-state index is 9.57. The van der Waals surface area contributed by atoms with Crippen molar-refractivity contribution in [3.8, 4) is 5.75 Å². The Labute approximate surface area is 193 Å². The van der Waals surface area contributed by atoms with Crippen molar-refractivity contribution in [2.75, 3.05) is 24.6 Å². The van der Waals surface area contributed by atoms with E-state index in [4.69, 9.17) is 4.43 Å². The van der Waals surface area contributed by atoms with Gasteiger partial charge in [0.15, 0.2) is 0 Å². The molecule has 0 aliphatic carbocycles. The quantitative estimate of drug-likeness (QED) is 0.530. The average Bonchev–Trinajstić information content (AvgIpc) is 2.81. The summed E-state index contributed by atoms with van der Waals surface area (Å²) in [6, 6.07) is 29.4. The van der Waals surface area contributed by atoms with Crippen LogP contribution < -0.4 is 15.3 Å². The highest BCUT2D eigenvalue weighted by atomic mass is 28.4. The number of hydrogen-bond donors (Lipinski definition) is 1. The van der Waals surface area contributed by atoms with Crippen molar-refractivity contribution in [2.45, 2.75) is 38.7 Å². The van der Waals surface area contributed by atoms with Crippen molar-refractivity contribution >= 4 is 24.4 Å². The third-order valence-corrected chi connectivity index (χ3v) is 11.8. The second kappa shape index (κ2) is 9.51. The Hall–Kier alpha value is -2.56. The fourth-order valence-electron chi connectivity index (χ4n) is 5.03. The molecular formula is C28H35NO2Si. The lowest BCUT2D eigenvalue weighted by molar-refractivity contribution is 0.211. The first-order valence-electron chi connectivity index (χ1n) is 11.7. The van der Waals surface area contributed by atoms with Gasteiger partial charge in [-0.1, -0.05) is 81.4 Å². The third kappa shape index (κ3) is 4.62. The first-order valence-corrected chi connectivity index (χ1v) is 13.6. The van der Waals surface area contributed by atoms with Gasteiger partial charge in [-0.3, -0.25) is 0 Å². The van der Waals surface area contributed by atoms with Crippen molar-refractivity contribution in [3.05, 3.63) is 84.9 Å². The lowest BCUT2D eigenvalue weighted by Crippen LogP contribution is -2.67. The molecule has 0 bridgehead atoms. The van der Waals surface area contributed by atoms with Crippen LogP contribution in [0.5, 0.6) is 5.75 Å². The van der Waals surface area contributed by atoms with Gasteiger partial charge in [0.2, 0.25) is 0 Å². The summed E-state index contributed by atoms with van der Waals surface area (Å²) in [4.78, 5) is 2.42. The molecular weight excluding hydrogens is 410 g/mol. The van der Waals surface area contributed by atoms with Gasteiger partial charge in [0.25, 0.3) is 8.32 Å². The molecule has 1 fully saturated rings. The predicted octanol–water partition coefficient (Wildman–Crippen LogP) is 5.19. The lowest BCUT2D eigenvalue weighted by Gasteiger charge is -2.44. The molecule has 168 valence electrons. The van der Waals surface area contributed by atoms with Crippen LogP contribution in [-0.4, -0.2) is 33.1 Å². The first-order chi connectivity index (χ1) is 15.4. The normalized spacial score (nSPS) is 15.7. The molecule has 0 atom stereocenters. The van der Waals surface area contributed by atoms with Gasteiger partial charge in [0.1, 0.15) is 5.75 Å². The fraction of sp³-hybridized carbons (Fsp3) is 0.357. The summed E-state index contributed by atoms with van der Waals surface area (Å²) in [5, 5.41) is 12.3. The molecule has 1 aliphatic heterocycles. The highest BCUT2D eigenvalue weighted by molar-refractivity contribution is 6.99. The minimum atomic E-state index is -2.46. The van der Waals surface area contributed by atoms with Crippen LogP contribution >= 0.6 is 0 Å². The topological polar surface area (TPSA) is 32.7 Å². The molecule has 0 radical (unpaired) electrons. The standard InChI is InChI=1S/C28H35NO2Si/c1-28(2,3)32(26-10-6-4-7-11-26,27-12-8-5-9-13-27)31-22-23-18-20-29(21-19-23)24-14-16-25(30)17-15-24/h4-17,23,30H,18-22H2,1-3H3. The molecule has 4 heteroatoms. The zero-order valence-corrected chi connectivity index (χ0v) is 20.5. The minimum Gasteiger partial charge on any atom is -0.508 e. The van der Waals surface area contributed by atoms with Gasteiger partial charge >= 0.3 is 0 Å². The van der Waals surface area contributed by atoms with E-state index >= 15 is 0 Å². The predicted molar refractivity (Wildman–Crippen MR) is 137 cm³/mol. The molecule has 0 aromatic heterocycles. The molecule has 32 heavy (non-hydrogen) atoms. The Morgan fingerprint density at radius 1 is 0.812 bits per heavy atom. The Bertz CT molecular complexity index is 936. The lowest BCUT2D eigenvalue weighted by atomic mass is 9.97. The van der Waals surface area contributed by atoms with Gasteiger partial charge in [-0.05, 0) is 58.4 Å². The second-order valence-corrected chi connectivity index (χ2v) is 14.2. The molecule has 1 saturated heterocycles. The van der Waals surface area contributed by atoms with E-state index in [-0.39, 0.29) is 5.04 Å². The molecule has 0 spiro atoms. The van der Waals surface area contributed by atoms with Crippen LogP contribution in [0, 0.1) is 5.92 Å². The van der Waals surface area contributed by atoms with Crippen LogP contribution in [0.1, 0.15) is 33.6 Å². The van der Waals surface area contributed by atoms with Crippen LogP contribution in [0.4, 0.5) is 5.69 Å². The SMILES string of the molecule is CC(C)(C)[Si](OCC1CCN(c2ccc(O)cc2)CC1)(c1ccccc1)c1ccccc1. The molecule has 0 saturated carbocycles. The maximum Gasteiger partial charge on any atom is 0.261 e. The number of rotatable bonds is 6. The number of hydrogen-bond acceptors (Lipinski definition) is 3. The van der Waals surface area contributed by atoms with Crippen LogP contribution in [0.15, 0.2) is 84.9 Å². The summed E-state index contributed by atoms with van der Waals surface area (Å²) >= 11 is 0. The van der Waals surface area contributed by atoms with Crippen molar-refractivity contribution in [3.63, 3.8) is 0 Å². The number of anilines is 1. The second-order valence-electron chi connectivity index (χ2n) is 9.92. The molecule has 1 heterocycles. The van der Waals surface area contributed by atoms with E-state index in [9.17, 15) is 5.11 Å². The fourth-order valence-corrected chi connectivity index (χ4v) is 9.67. The van der Waals surface area contributed by atoms with Crippen LogP contribution in [-0.2, 0) is 4.43 Å². The Balaban J connectivity index is 1.53.